The van der Waals surface area contributed by atoms with Gasteiger partial charge in [0.1, 0.15) is 0 Å². The summed E-state index contributed by atoms with van der Waals surface area (Å²) in [6.07, 6.45) is 0. The first kappa shape index (κ1) is 48.8. The molecule has 0 amide bonds. The van der Waals surface area contributed by atoms with Crippen molar-refractivity contribution in [2.45, 2.75) is 0 Å². The monoisotopic (exact) mass is 1070 g/mol. The van der Waals surface area contributed by atoms with Crippen LogP contribution in [0.2, 0.25) is 0 Å². The molecule has 0 bridgehead atoms. The van der Waals surface area contributed by atoms with Crippen LogP contribution in [-0.4, -0.2) is 4.57 Å². The molecule has 0 N–H and O–H groups in total. The van der Waals surface area contributed by atoms with Gasteiger partial charge in [-0.05, 0) is 160 Å². The molecular formula is C82H54N2. The second-order valence-electron chi connectivity index (χ2n) is 21.8. The van der Waals surface area contributed by atoms with Crippen molar-refractivity contribution >= 4 is 82.0 Å². The molecule has 15 aromatic carbocycles. The van der Waals surface area contributed by atoms with Gasteiger partial charge < -0.3 is 9.47 Å². The average molecular weight is 1070 g/mol. The maximum atomic E-state index is 2.48. The Morgan fingerprint density at radius 1 is 0.202 bits per heavy atom. The van der Waals surface area contributed by atoms with Gasteiger partial charge in [0.25, 0.3) is 0 Å². The lowest BCUT2D eigenvalue weighted by Gasteiger charge is -2.30. The number of nitrogens with zero attached hydrogens (tertiary/aromatic N) is 2. The lowest BCUT2D eigenvalue weighted by atomic mass is 9.82. The summed E-state index contributed by atoms with van der Waals surface area (Å²) in [5.41, 5.74) is 21.3. The van der Waals surface area contributed by atoms with Crippen molar-refractivity contribution in [3.63, 3.8) is 0 Å². The van der Waals surface area contributed by atoms with E-state index in [1.54, 1.807) is 0 Å². The van der Waals surface area contributed by atoms with Crippen LogP contribution < -0.4 is 4.90 Å². The van der Waals surface area contributed by atoms with Crippen molar-refractivity contribution < 1.29 is 0 Å². The molecule has 0 radical (unpaired) electrons. The van der Waals surface area contributed by atoms with Crippen LogP contribution in [0, 0.1) is 0 Å². The summed E-state index contributed by atoms with van der Waals surface area (Å²) in [7, 11) is 0. The molecule has 0 saturated heterocycles. The number of anilines is 3. The van der Waals surface area contributed by atoms with E-state index in [9.17, 15) is 0 Å². The SMILES string of the molecule is c1ccc(-c2ccccc2-c2ccc3c(c2)c2cc(-c4ccccc4-c4ccccc4)ccc2n3-c2ccc(N(c3ccccc3)c3c4ccccc4c(-c4c5ccccc5c(-c5ccccc5)c5ccccc45)c4ccccc34)cc2)cc1. The first-order valence-corrected chi connectivity index (χ1v) is 29.0. The fraction of sp³-hybridized carbons (Fsp3) is 0. The van der Waals surface area contributed by atoms with E-state index in [4.69, 9.17) is 0 Å². The van der Waals surface area contributed by atoms with E-state index in [2.05, 4.69) is 337 Å². The highest BCUT2D eigenvalue weighted by atomic mass is 15.1. The third-order valence-electron chi connectivity index (χ3n) is 17.2. The van der Waals surface area contributed by atoms with Gasteiger partial charge in [-0.1, -0.05) is 267 Å². The summed E-state index contributed by atoms with van der Waals surface area (Å²) in [6, 6.07) is 120. The highest BCUT2D eigenvalue weighted by Gasteiger charge is 2.26. The van der Waals surface area contributed by atoms with Crippen molar-refractivity contribution in [2.24, 2.45) is 0 Å². The topological polar surface area (TPSA) is 8.17 Å². The molecule has 392 valence electrons. The van der Waals surface area contributed by atoms with Crippen molar-refractivity contribution in [3.8, 4) is 72.4 Å². The van der Waals surface area contributed by atoms with E-state index >= 15 is 0 Å². The van der Waals surface area contributed by atoms with E-state index in [0.29, 0.717) is 0 Å². The van der Waals surface area contributed by atoms with E-state index in [1.807, 2.05) is 0 Å². The number of rotatable bonds is 10. The largest absolute Gasteiger partial charge is 0.309 e. The summed E-state index contributed by atoms with van der Waals surface area (Å²) >= 11 is 0. The number of fused-ring (bicyclic) bond motifs is 7. The summed E-state index contributed by atoms with van der Waals surface area (Å²) in [6.45, 7) is 0. The molecule has 16 rings (SSSR count). The molecule has 0 aliphatic carbocycles. The lowest BCUT2D eigenvalue weighted by Crippen LogP contribution is -2.11. The predicted molar refractivity (Wildman–Crippen MR) is 358 cm³/mol. The maximum Gasteiger partial charge on any atom is 0.0618 e. The zero-order valence-electron chi connectivity index (χ0n) is 46.1. The minimum Gasteiger partial charge on any atom is -0.309 e. The Hall–Kier alpha value is -11.1. The van der Waals surface area contributed by atoms with Gasteiger partial charge in [-0.15, -0.1) is 0 Å². The molecule has 1 heterocycles. The minimum absolute atomic E-state index is 1.07. The number of hydrogen-bond donors (Lipinski definition) is 0. The van der Waals surface area contributed by atoms with Gasteiger partial charge in [0, 0.05) is 38.6 Å². The number of aromatic nitrogens is 1. The van der Waals surface area contributed by atoms with Crippen molar-refractivity contribution in [3.05, 3.63) is 328 Å². The molecule has 2 heteroatoms. The number of para-hydroxylation sites is 1. The van der Waals surface area contributed by atoms with Crippen LogP contribution in [0.3, 0.4) is 0 Å². The number of hydrogen-bond acceptors (Lipinski definition) is 1. The molecule has 0 atom stereocenters. The molecule has 0 unspecified atom stereocenters. The molecule has 0 saturated carbocycles. The van der Waals surface area contributed by atoms with Gasteiger partial charge in [-0.3, -0.25) is 0 Å². The van der Waals surface area contributed by atoms with Gasteiger partial charge in [0.05, 0.1) is 16.7 Å². The van der Waals surface area contributed by atoms with Crippen LogP contribution in [0.4, 0.5) is 17.1 Å². The smallest absolute Gasteiger partial charge is 0.0618 e. The Morgan fingerprint density at radius 3 is 0.929 bits per heavy atom. The Bertz CT molecular complexity index is 4910. The highest BCUT2D eigenvalue weighted by molar-refractivity contribution is 6.30. The average Bonchev–Trinajstić information content (AvgIpc) is 1.22. The van der Waals surface area contributed by atoms with E-state index in [1.165, 1.54) is 121 Å². The predicted octanol–water partition coefficient (Wildman–Crippen LogP) is 22.9. The minimum atomic E-state index is 1.07. The Labute approximate surface area is 488 Å². The molecule has 0 aliphatic heterocycles. The Kier molecular flexibility index (Phi) is 11.9. The molecule has 0 spiro atoms. The van der Waals surface area contributed by atoms with Gasteiger partial charge >= 0.3 is 0 Å². The molecule has 16 aromatic rings. The van der Waals surface area contributed by atoms with Crippen molar-refractivity contribution in [1.82, 2.24) is 4.57 Å². The molecule has 84 heavy (non-hydrogen) atoms. The first-order chi connectivity index (χ1) is 41.7. The van der Waals surface area contributed by atoms with Crippen LogP contribution in [0.5, 0.6) is 0 Å². The van der Waals surface area contributed by atoms with E-state index < -0.39 is 0 Å². The second-order valence-corrected chi connectivity index (χ2v) is 21.8. The maximum absolute atomic E-state index is 2.48. The highest BCUT2D eigenvalue weighted by Crippen LogP contribution is 2.52. The van der Waals surface area contributed by atoms with Gasteiger partial charge in [-0.25, -0.2) is 0 Å². The normalized spacial score (nSPS) is 11.6. The molecule has 1 aromatic heterocycles. The van der Waals surface area contributed by atoms with Crippen LogP contribution >= 0.6 is 0 Å². The first-order valence-electron chi connectivity index (χ1n) is 29.0. The molecule has 0 aliphatic rings. The van der Waals surface area contributed by atoms with Gasteiger partial charge in [0.2, 0.25) is 0 Å². The lowest BCUT2D eigenvalue weighted by molar-refractivity contribution is 1.17. The van der Waals surface area contributed by atoms with Crippen LogP contribution in [-0.2, 0) is 0 Å². The van der Waals surface area contributed by atoms with Gasteiger partial charge in [-0.2, -0.15) is 0 Å². The standard InChI is InChI=1S/C82H54N2/c1-5-25-55(26-6-1)63-33-13-15-35-65(63)58-45-51-77-75(53-58)76-54-59(66-36-16-14-34-64(66)56-27-7-2-8-28-56)46-52-78(76)84(77)62-49-47-61(48-50-62)83(60-31-11-4-12-32-60)82-73-43-23-21-41-71(73)81(72-42-22-24-44-74(72)82)80-69-39-19-17-37-67(69)79(57-29-9-3-10-30-57)68-38-18-20-40-70(68)80/h1-54H. The Balaban J connectivity index is 0.895. The van der Waals surface area contributed by atoms with Crippen LogP contribution in [0.15, 0.2) is 328 Å². The summed E-state index contributed by atoms with van der Waals surface area (Å²) < 4.78 is 2.46. The van der Waals surface area contributed by atoms with Crippen LogP contribution in [0.25, 0.3) is 137 Å². The summed E-state index contributed by atoms with van der Waals surface area (Å²) in [5.74, 6) is 0. The van der Waals surface area contributed by atoms with Crippen LogP contribution in [0.1, 0.15) is 0 Å². The van der Waals surface area contributed by atoms with E-state index in [-0.39, 0.29) is 0 Å². The fourth-order valence-electron chi connectivity index (χ4n) is 13.5. The van der Waals surface area contributed by atoms with Crippen molar-refractivity contribution in [1.29, 1.82) is 0 Å². The molecule has 2 nitrogen and oxygen atoms in total. The quantitative estimate of drug-likeness (QED) is 0.124. The second kappa shape index (κ2) is 20.5. The Morgan fingerprint density at radius 2 is 0.512 bits per heavy atom. The fourth-order valence-corrected chi connectivity index (χ4v) is 13.5. The zero-order valence-corrected chi connectivity index (χ0v) is 46.1. The third kappa shape index (κ3) is 8.10. The molecular weight excluding hydrogens is 1010 g/mol. The third-order valence-corrected chi connectivity index (χ3v) is 17.2. The van der Waals surface area contributed by atoms with Crippen molar-refractivity contribution in [2.75, 3.05) is 4.90 Å². The zero-order chi connectivity index (χ0) is 55.5. The number of benzene rings is 15. The molecule has 0 fully saturated rings. The summed E-state index contributed by atoms with van der Waals surface area (Å²) in [5, 5.41) is 12.1. The summed E-state index contributed by atoms with van der Waals surface area (Å²) in [4.78, 5) is 2.48. The van der Waals surface area contributed by atoms with E-state index in [0.717, 1.165) is 33.8 Å². The van der Waals surface area contributed by atoms with Gasteiger partial charge in [0.15, 0.2) is 0 Å².